The summed E-state index contributed by atoms with van der Waals surface area (Å²) in [4.78, 5) is 16.6. The molecule has 1 N–H and O–H groups in total. The second kappa shape index (κ2) is 4.94. The van der Waals surface area contributed by atoms with E-state index in [-0.39, 0.29) is 0 Å². The van der Waals surface area contributed by atoms with Crippen LogP contribution >= 0.6 is 0 Å². The fourth-order valence-corrected chi connectivity index (χ4v) is 3.47. The first-order valence-electron chi connectivity index (χ1n) is 7.05. The summed E-state index contributed by atoms with van der Waals surface area (Å²) in [7, 11) is 0. The van der Waals surface area contributed by atoms with Gasteiger partial charge in [0.25, 0.3) is 0 Å². The molecule has 1 amide bonds. The van der Waals surface area contributed by atoms with Gasteiger partial charge in [-0.2, -0.15) is 0 Å². The van der Waals surface area contributed by atoms with E-state index in [9.17, 15) is 4.79 Å². The molecule has 17 heavy (non-hydrogen) atoms. The van der Waals surface area contributed by atoms with Crippen LogP contribution in [0.2, 0.25) is 0 Å². The summed E-state index contributed by atoms with van der Waals surface area (Å²) < 4.78 is 0. The Morgan fingerprint density at radius 2 is 2.00 bits per heavy atom. The largest absolute Gasteiger partial charge is 0.342 e. The van der Waals surface area contributed by atoms with Gasteiger partial charge in [0.2, 0.25) is 5.91 Å². The predicted octanol–water partition coefficient (Wildman–Crippen LogP) is 0.293. The van der Waals surface area contributed by atoms with Crippen LogP contribution in [0.5, 0.6) is 0 Å². The fraction of sp³-hybridized carbons (Fsp3) is 0.923. The van der Waals surface area contributed by atoms with Gasteiger partial charge in [-0.05, 0) is 38.1 Å². The second-order valence-electron chi connectivity index (χ2n) is 5.77. The summed E-state index contributed by atoms with van der Waals surface area (Å²) in [5, 5.41) is 3.52. The molecule has 0 aromatic rings. The van der Waals surface area contributed by atoms with Crippen molar-refractivity contribution in [1.29, 1.82) is 0 Å². The number of amides is 1. The van der Waals surface area contributed by atoms with Crippen molar-refractivity contribution < 1.29 is 4.79 Å². The smallest absolute Gasteiger partial charge is 0.236 e. The van der Waals surface area contributed by atoms with Crippen LogP contribution in [0.1, 0.15) is 25.7 Å². The van der Waals surface area contributed by atoms with Crippen LogP contribution in [0.25, 0.3) is 0 Å². The van der Waals surface area contributed by atoms with Crippen molar-refractivity contribution in [3.05, 3.63) is 0 Å². The van der Waals surface area contributed by atoms with Gasteiger partial charge < -0.3 is 10.2 Å². The van der Waals surface area contributed by atoms with Gasteiger partial charge in [0.15, 0.2) is 0 Å². The number of piperidine rings is 1. The lowest BCUT2D eigenvalue weighted by molar-refractivity contribution is -0.132. The summed E-state index contributed by atoms with van der Waals surface area (Å²) in [5.74, 6) is 1.12. The number of nitrogens with one attached hydrogen (secondary N) is 1. The number of hydrogen-bond donors (Lipinski definition) is 1. The van der Waals surface area contributed by atoms with E-state index < -0.39 is 0 Å². The molecule has 2 atom stereocenters. The van der Waals surface area contributed by atoms with Gasteiger partial charge in [-0.3, -0.25) is 9.69 Å². The van der Waals surface area contributed by atoms with Gasteiger partial charge >= 0.3 is 0 Å². The van der Waals surface area contributed by atoms with E-state index in [1.165, 1.54) is 25.7 Å². The summed E-state index contributed by atoms with van der Waals surface area (Å²) in [6.07, 6.45) is 5.00. The predicted molar refractivity (Wildman–Crippen MR) is 66.8 cm³/mol. The molecule has 4 nitrogen and oxygen atoms in total. The molecule has 2 bridgehead atoms. The molecule has 4 saturated heterocycles. The van der Waals surface area contributed by atoms with Crippen molar-refractivity contribution in [2.45, 2.75) is 31.7 Å². The molecule has 0 spiro atoms. The summed E-state index contributed by atoms with van der Waals surface area (Å²) >= 11 is 0. The number of carbonyl (C=O) groups is 1. The molecule has 0 aliphatic carbocycles. The van der Waals surface area contributed by atoms with Crippen LogP contribution in [0, 0.1) is 5.92 Å². The Morgan fingerprint density at radius 1 is 1.18 bits per heavy atom. The Kier molecular flexibility index (Phi) is 3.34. The van der Waals surface area contributed by atoms with E-state index in [1.807, 2.05) is 4.90 Å². The Bertz CT molecular complexity index is 284. The number of hydrogen-bond acceptors (Lipinski definition) is 3. The average molecular weight is 237 g/mol. The van der Waals surface area contributed by atoms with Gasteiger partial charge in [-0.1, -0.05) is 0 Å². The molecule has 4 fully saturated rings. The second-order valence-corrected chi connectivity index (χ2v) is 5.77. The molecule has 4 rings (SSSR count). The number of likely N-dealkylation sites (tertiary alicyclic amines) is 1. The molecule has 4 aliphatic heterocycles. The Hall–Kier alpha value is -0.610. The lowest BCUT2D eigenvalue weighted by atomic mass is 9.95. The van der Waals surface area contributed by atoms with Crippen LogP contribution in [0.4, 0.5) is 0 Å². The summed E-state index contributed by atoms with van der Waals surface area (Å²) in [6.45, 7) is 5.97. The van der Waals surface area contributed by atoms with Gasteiger partial charge in [0.05, 0.1) is 6.54 Å². The zero-order valence-corrected chi connectivity index (χ0v) is 10.5. The van der Waals surface area contributed by atoms with Gasteiger partial charge in [0, 0.05) is 32.2 Å². The van der Waals surface area contributed by atoms with E-state index in [0.29, 0.717) is 18.5 Å². The number of carbonyl (C=O) groups excluding carboxylic acids is 1. The van der Waals surface area contributed by atoms with E-state index in [2.05, 4.69) is 10.2 Å². The molecular weight excluding hydrogens is 214 g/mol. The normalized spacial score (nSPS) is 34.0. The molecule has 4 heteroatoms. The van der Waals surface area contributed by atoms with Crippen molar-refractivity contribution >= 4 is 5.91 Å². The zero-order valence-electron chi connectivity index (χ0n) is 10.5. The zero-order chi connectivity index (χ0) is 11.7. The molecule has 0 aromatic carbocycles. The van der Waals surface area contributed by atoms with Crippen molar-refractivity contribution in [1.82, 2.24) is 15.1 Å². The first-order chi connectivity index (χ1) is 8.33. The van der Waals surface area contributed by atoms with E-state index >= 15 is 0 Å². The Labute approximate surface area is 103 Å². The van der Waals surface area contributed by atoms with Crippen LogP contribution in [0.15, 0.2) is 0 Å². The lowest BCUT2D eigenvalue weighted by Gasteiger charge is -2.36. The Balaban J connectivity index is 1.58. The quantitative estimate of drug-likeness (QED) is 0.750. The minimum absolute atomic E-state index is 0.357. The molecule has 0 saturated carbocycles. The van der Waals surface area contributed by atoms with Crippen molar-refractivity contribution in [3.8, 4) is 0 Å². The highest BCUT2D eigenvalue weighted by atomic mass is 16.2. The number of rotatable bonds is 2. The SMILES string of the molecule is O=C(CN1C[C@@H]2CC[C@H]1CNC2)N1CCCC1. The molecule has 4 aliphatic rings. The summed E-state index contributed by atoms with van der Waals surface area (Å²) in [5.41, 5.74) is 0. The van der Waals surface area contributed by atoms with Crippen LogP contribution in [-0.2, 0) is 4.79 Å². The maximum atomic E-state index is 12.2. The van der Waals surface area contributed by atoms with Crippen LogP contribution in [0.3, 0.4) is 0 Å². The minimum atomic E-state index is 0.357. The van der Waals surface area contributed by atoms with E-state index in [4.69, 9.17) is 0 Å². The fourth-order valence-electron chi connectivity index (χ4n) is 3.47. The van der Waals surface area contributed by atoms with E-state index in [1.54, 1.807) is 0 Å². The highest BCUT2D eigenvalue weighted by molar-refractivity contribution is 5.78. The third-order valence-corrected chi connectivity index (χ3v) is 4.53. The minimum Gasteiger partial charge on any atom is -0.342 e. The molecule has 0 aromatic heterocycles. The first kappa shape index (κ1) is 11.5. The van der Waals surface area contributed by atoms with Crippen molar-refractivity contribution in [3.63, 3.8) is 0 Å². The lowest BCUT2D eigenvalue weighted by Crippen LogP contribution is -2.48. The number of fused-ring (bicyclic) bond motifs is 4. The van der Waals surface area contributed by atoms with Crippen LogP contribution in [-0.4, -0.2) is 61.0 Å². The first-order valence-corrected chi connectivity index (χ1v) is 7.05. The topological polar surface area (TPSA) is 35.6 Å². The maximum absolute atomic E-state index is 12.2. The maximum Gasteiger partial charge on any atom is 0.236 e. The van der Waals surface area contributed by atoms with Crippen LogP contribution < -0.4 is 5.32 Å². The summed E-state index contributed by atoms with van der Waals surface area (Å²) in [6, 6.07) is 0.598. The monoisotopic (exact) mass is 237 g/mol. The highest BCUT2D eigenvalue weighted by Crippen LogP contribution is 2.24. The Morgan fingerprint density at radius 3 is 2.82 bits per heavy atom. The third kappa shape index (κ3) is 2.47. The third-order valence-electron chi connectivity index (χ3n) is 4.53. The number of nitrogens with zero attached hydrogens (tertiary/aromatic N) is 2. The van der Waals surface area contributed by atoms with Crippen molar-refractivity contribution in [2.75, 3.05) is 39.3 Å². The van der Waals surface area contributed by atoms with Gasteiger partial charge in [-0.25, -0.2) is 0 Å². The van der Waals surface area contributed by atoms with Crippen molar-refractivity contribution in [2.24, 2.45) is 5.92 Å². The van der Waals surface area contributed by atoms with E-state index in [0.717, 1.165) is 38.6 Å². The molecule has 4 heterocycles. The average Bonchev–Trinajstić information content (AvgIpc) is 2.70. The molecule has 96 valence electrons. The highest BCUT2D eigenvalue weighted by Gasteiger charge is 2.33. The molecular formula is C13H23N3O. The van der Waals surface area contributed by atoms with Gasteiger partial charge in [0.1, 0.15) is 0 Å². The molecule has 0 unspecified atom stereocenters. The van der Waals surface area contributed by atoms with Gasteiger partial charge in [-0.15, -0.1) is 0 Å². The standard InChI is InChI=1S/C13H23N3O/c17-13(15-5-1-2-6-15)10-16-9-11-3-4-12(16)8-14-7-11/h11-12,14H,1-10H2/t11-,12+/m1/s1. The molecule has 0 radical (unpaired) electrons.